The standard InChI is InChI=1S/C18H19N3O3S/c1-10(2)13-7-14(16(24)8-15(13)23)18(20)21(17(19)9-22)11-3-5-12(25)6-4-11/h3-10,19-20,23-25H,1-2H3. The van der Waals surface area contributed by atoms with Crippen LogP contribution < -0.4 is 4.90 Å². The third kappa shape index (κ3) is 3.83. The average molecular weight is 357 g/mol. The normalized spacial score (nSPS) is 10.6. The summed E-state index contributed by atoms with van der Waals surface area (Å²) >= 11 is 4.20. The van der Waals surface area contributed by atoms with Crippen molar-refractivity contribution in [2.75, 3.05) is 4.90 Å². The van der Waals surface area contributed by atoms with E-state index in [9.17, 15) is 15.0 Å². The van der Waals surface area contributed by atoms with Gasteiger partial charge >= 0.3 is 0 Å². The molecule has 0 heterocycles. The van der Waals surface area contributed by atoms with Gasteiger partial charge in [-0.25, -0.2) is 0 Å². The second kappa shape index (κ2) is 7.40. The minimum absolute atomic E-state index is 0.0328. The summed E-state index contributed by atoms with van der Waals surface area (Å²) in [7, 11) is 0. The SMILES string of the molecule is CC(C)c1cc(C(=N)N(C(=N)C=O)c2ccc(S)cc2)c(O)cc1O. The molecule has 25 heavy (non-hydrogen) atoms. The zero-order valence-corrected chi connectivity index (χ0v) is 14.7. The second-order valence-electron chi connectivity index (χ2n) is 5.79. The van der Waals surface area contributed by atoms with Crippen molar-refractivity contribution >= 4 is 36.3 Å². The number of phenols is 2. The van der Waals surface area contributed by atoms with E-state index in [-0.39, 0.29) is 28.8 Å². The Morgan fingerprint density at radius 2 is 1.72 bits per heavy atom. The molecule has 0 saturated heterocycles. The predicted molar refractivity (Wildman–Crippen MR) is 101 cm³/mol. The first-order valence-corrected chi connectivity index (χ1v) is 7.98. The molecular formula is C18H19N3O3S. The fourth-order valence-electron chi connectivity index (χ4n) is 2.41. The van der Waals surface area contributed by atoms with E-state index in [1.54, 1.807) is 24.3 Å². The monoisotopic (exact) mass is 357 g/mol. The van der Waals surface area contributed by atoms with Gasteiger partial charge in [-0.2, -0.15) is 0 Å². The molecular weight excluding hydrogens is 338 g/mol. The highest BCUT2D eigenvalue weighted by Gasteiger charge is 2.23. The highest BCUT2D eigenvalue weighted by atomic mass is 32.1. The number of aldehydes is 1. The molecule has 0 aromatic heterocycles. The topological polar surface area (TPSA) is 108 Å². The average Bonchev–Trinajstić information content (AvgIpc) is 2.56. The van der Waals surface area contributed by atoms with E-state index in [1.165, 1.54) is 12.1 Å². The molecule has 2 aromatic rings. The number of thiol groups is 1. The highest BCUT2D eigenvalue weighted by molar-refractivity contribution is 7.80. The van der Waals surface area contributed by atoms with Crippen molar-refractivity contribution < 1.29 is 15.0 Å². The van der Waals surface area contributed by atoms with Crippen LogP contribution in [0.5, 0.6) is 11.5 Å². The van der Waals surface area contributed by atoms with E-state index in [2.05, 4.69) is 12.6 Å². The first-order valence-electron chi connectivity index (χ1n) is 7.54. The van der Waals surface area contributed by atoms with Crippen LogP contribution in [0.1, 0.15) is 30.9 Å². The molecule has 0 unspecified atom stereocenters. The lowest BCUT2D eigenvalue weighted by Crippen LogP contribution is -2.37. The first kappa shape index (κ1) is 18.5. The van der Waals surface area contributed by atoms with Crippen LogP contribution in [0.4, 0.5) is 5.69 Å². The van der Waals surface area contributed by atoms with E-state index >= 15 is 0 Å². The van der Waals surface area contributed by atoms with Gasteiger partial charge < -0.3 is 10.2 Å². The number of nitrogens with zero attached hydrogens (tertiary/aromatic N) is 1. The molecule has 7 heteroatoms. The van der Waals surface area contributed by atoms with Gasteiger partial charge in [0, 0.05) is 16.6 Å². The van der Waals surface area contributed by atoms with Crippen molar-refractivity contribution in [2.24, 2.45) is 0 Å². The van der Waals surface area contributed by atoms with Gasteiger partial charge in [0.2, 0.25) is 0 Å². The molecule has 0 aliphatic rings. The minimum Gasteiger partial charge on any atom is -0.508 e. The van der Waals surface area contributed by atoms with Crippen LogP contribution in [-0.4, -0.2) is 28.2 Å². The molecule has 0 fully saturated rings. The third-order valence-electron chi connectivity index (χ3n) is 3.71. The number of benzene rings is 2. The molecule has 0 radical (unpaired) electrons. The molecule has 0 aliphatic heterocycles. The maximum atomic E-state index is 11.2. The molecule has 0 spiro atoms. The molecule has 0 saturated carbocycles. The molecule has 2 rings (SSSR count). The zero-order chi connectivity index (χ0) is 18.7. The molecule has 130 valence electrons. The number of hydrogen-bond donors (Lipinski definition) is 5. The van der Waals surface area contributed by atoms with Gasteiger partial charge in [0.1, 0.15) is 17.3 Å². The molecule has 0 atom stereocenters. The Morgan fingerprint density at radius 3 is 2.24 bits per heavy atom. The third-order valence-corrected chi connectivity index (χ3v) is 4.00. The van der Waals surface area contributed by atoms with E-state index in [4.69, 9.17) is 10.8 Å². The number of aromatic hydroxyl groups is 2. The van der Waals surface area contributed by atoms with Gasteiger partial charge in [-0.15, -0.1) is 12.6 Å². The Hall–Kier alpha value is -2.80. The number of hydrogen-bond acceptors (Lipinski definition) is 6. The molecule has 0 aliphatic carbocycles. The maximum Gasteiger partial charge on any atom is 0.185 e. The lowest BCUT2D eigenvalue weighted by Gasteiger charge is -2.24. The Morgan fingerprint density at radius 1 is 1.12 bits per heavy atom. The van der Waals surface area contributed by atoms with E-state index in [0.717, 1.165) is 4.90 Å². The fraction of sp³-hybridized carbons (Fsp3) is 0.167. The largest absolute Gasteiger partial charge is 0.508 e. The summed E-state index contributed by atoms with van der Waals surface area (Å²) in [5.41, 5.74) is 1.09. The Labute approximate surface area is 151 Å². The Bertz CT molecular complexity index is 832. The molecule has 0 bridgehead atoms. The highest BCUT2D eigenvalue weighted by Crippen LogP contribution is 2.33. The van der Waals surface area contributed by atoms with E-state index < -0.39 is 5.84 Å². The quantitative estimate of drug-likeness (QED) is 0.250. The van der Waals surface area contributed by atoms with Gasteiger partial charge in [0.15, 0.2) is 12.1 Å². The van der Waals surface area contributed by atoms with E-state index in [1.807, 2.05) is 13.8 Å². The summed E-state index contributed by atoms with van der Waals surface area (Å²) in [5.74, 6) is -1.10. The van der Waals surface area contributed by atoms with Crippen molar-refractivity contribution in [1.82, 2.24) is 0 Å². The number of amidine groups is 2. The number of nitrogens with one attached hydrogen (secondary N) is 2. The summed E-state index contributed by atoms with van der Waals surface area (Å²) in [4.78, 5) is 13.0. The van der Waals surface area contributed by atoms with Gasteiger partial charge in [-0.3, -0.25) is 20.5 Å². The van der Waals surface area contributed by atoms with Gasteiger partial charge in [-0.05, 0) is 41.8 Å². The predicted octanol–water partition coefficient (Wildman–Crippen LogP) is 3.52. The van der Waals surface area contributed by atoms with Crippen molar-refractivity contribution in [1.29, 1.82) is 10.8 Å². The summed E-state index contributed by atoms with van der Waals surface area (Å²) < 4.78 is 0. The van der Waals surface area contributed by atoms with Crippen LogP contribution in [-0.2, 0) is 4.79 Å². The summed E-state index contributed by atoms with van der Waals surface area (Å²) in [5, 5.41) is 36.4. The number of anilines is 1. The first-order chi connectivity index (χ1) is 11.8. The van der Waals surface area contributed by atoms with Crippen LogP contribution in [0, 0.1) is 10.8 Å². The van der Waals surface area contributed by atoms with Gasteiger partial charge in [-0.1, -0.05) is 13.8 Å². The van der Waals surface area contributed by atoms with Crippen LogP contribution in [0.25, 0.3) is 0 Å². The Balaban J connectivity index is 2.57. The van der Waals surface area contributed by atoms with Crippen LogP contribution in [0.15, 0.2) is 41.3 Å². The molecule has 2 aromatic carbocycles. The van der Waals surface area contributed by atoms with Gasteiger partial charge in [0.25, 0.3) is 0 Å². The van der Waals surface area contributed by atoms with Crippen molar-refractivity contribution in [3.05, 3.63) is 47.5 Å². The van der Waals surface area contributed by atoms with E-state index in [0.29, 0.717) is 22.4 Å². The fourth-order valence-corrected chi connectivity index (χ4v) is 2.56. The van der Waals surface area contributed by atoms with Crippen molar-refractivity contribution in [2.45, 2.75) is 24.7 Å². The maximum absolute atomic E-state index is 11.2. The number of carbonyl (C=O) groups excluding carboxylic acids is 1. The minimum atomic E-state index is -0.449. The molecule has 6 nitrogen and oxygen atoms in total. The van der Waals surface area contributed by atoms with Gasteiger partial charge in [0.05, 0.1) is 5.56 Å². The molecule has 0 amide bonds. The smallest absolute Gasteiger partial charge is 0.185 e. The van der Waals surface area contributed by atoms with Crippen molar-refractivity contribution in [3.63, 3.8) is 0 Å². The molecule has 4 N–H and O–H groups in total. The van der Waals surface area contributed by atoms with Crippen LogP contribution in [0.2, 0.25) is 0 Å². The number of carbonyl (C=O) groups is 1. The van der Waals surface area contributed by atoms with Crippen LogP contribution in [0.3, 0.4) is 0 Å². The lowest BCUT2D eigenvalue weighted by molar-refractivity contribution is -0.102. The summed E-state index contributed by atoms with van der Waals surface area (Å²) in [6.07, 6.45) is 0.323. The number of rotatable bonds is 4. The number of phenolic OH excluding ortho intramolecular Hbond substituents is 2. The second-order valence-corrected chi connectivity index (χ2v) is 6.30. The Kier molecular flexibility index (Phi) is 5.48. The van der Waals surface area contributed by atoms with Crippen LogP contribution >= 0.6 is 12.6 Å². The zero-order valence-electron chi connectivity index (χ0n) is 13.8. The lowest BCUT2D eigenvalue weighted by atomic mass is 9.98. The summed E-state index contributed by atoms with van der Waals surface area (Å²) in [6.45, 7) is 3.74. The summed E-state index contributed by atoms with van der Waals surface area (Å²) in [6, 6.07) is 9.25. The van der Waals surface area contributed by atoms with Crippen molar-refractivity contribution in [3.8, 4) is 11.5 Å².